The van der Waals surface area contributed by atoms with Crippen LogP contribution in [0.25, 0.3) is 0 Å². The van der Waals surface area contributed by atoms with Crippen molar-refractivity contribution in [3.63, 3.8) is 0 Å². The van der Waals surface area contributed by atoms with E-state index in [2.05, 4.69) is 12.2 Å². The minimum atomic E-state index is -3.04. The van der Waals surface area contributed by atoms with Crippen molar-refractivity contribution in [1.29, 1.82) is 0 Å². The van der Waals surface area contributed by atoms with E-state index in [0.717, 1.165) is 59.7 Å². The summed E-state index contributed by atoms with van der Waals surface area (Å²) < 4.78 is 31.2. The highest BCUT2D eigenvalue weighted by molar-refractivity contribution is 7.80. The van der Waals surface area contributed by atoms with Crippen molar-refractivity contribution in [1.82, 2.24) is 0 Å². The molecule has 40 heavy (non-hydrogen) atoms. The van der Waals surface area contributed by atoms with Gasteiger partial charge in [-0.1, -0.05) is 133 Å². The molecule has 2 atom stereocenters. The first kappa shape index (κ1) is 27.0. The number of allylic oxidation sites excluding steroid dienone is 4. The SMILES string of the molecule is O=P(c1ccccc1)(c1ccccc1)[C@@H]1CCCC=C1C1=CCCC[C@H]1P(=O)(c1ccccc1)c1ccccc1. The Balaban J connectivity index is 1.52. The molecule has 4 aromatic carbocycles. The highest BCUT2D eigenvalue weighted by Gasteiger charge is 2.46. The predicted octanol–water partition coefficient (Wildman–Crippen LogP) is 7.97. The molecule has 0 amide bonds. The highest BCUT2D eigenvalue weighted by atomic mass is 31.2. The van der Waals surface area contributed by atoms with Crippen LogP contribution in [-0.4, -0.2) is 11.3 Å². The van der Waals surface area contributed by atoms with Crippen LogP contribution in [0.2, 0.25) is 0 Å². The van der Waals surface area contributed by atoms with Gasteiger partial charge in [-0.25, -0.2) is 0 Å². The van der Waals surface area contributed by atoms with Gasteiger partial charge in [-0.2, -0.15) is 0 Å². The molecule has 0 unspecified atom stereocenters. The summed E-state index contributed by atoms with van der Waals surface area (Å²) in [6.07, 6.45) is 10.3. The van der Waals surface area contributed by atoms with Crippen LogP contribution in [-0.2, 0) is 9.13 Å². The molecular formula is C36H36O2P2. The number of rotatable bonds is 7. The Labute approximate surface area is 238 Å². The molecule has 6 rings (SSSR count). The normalized spacial score (nSPS) is 19.9. The molecule has 0 N–H and O–H groups in total. The van der Waals surface area contributed by atoms with Crippen molar-refractivity contribution in [2.24, 2.45) is 0 Å². The minimum absolute atomic E-state index is 0.141. The van der Waals surface area contributed by atoms with E-state index in [0.29, 0.717) is 0 Å². The average Bonchev–Trinajstić information content (AvgIpc) is 3.05. The first-order valence-corrected chi connectivity index (χ1v) is 18.0. The summed E-state index contributed by atoms with van der Waals surface area (Å²) in [5, 5.41) is 3.62. The molecule has 4 heteroatoms. The van der Waals surface area contributed by atoms with Gasteiger partial charge in [0.2, 0.25) is 0 Å². The lowest BCUT2D eigenvalue weighted by atomic mass is 9.86. The third kappa shape index (κ3) is 4.83. The smallest absolute Gasteiger partial charge is 0.150 e. The van der Waals surface area contributed by atoms with Crippen molar-refractivity contribution >= 4 is 35.5 Å². The molecular weight excluding hydrogens is 526 g/mol. The van der Waals surface area contributed by atoms with E-state index in [4.69, 9.17) is 0 Å². The fraction of sp³-hybridized carbons (Fsp3) is 0.222. The van der Waals surface area contributed by atoms with Crippen molar-refractivity contribution in [2.45, 2.75) is 49.8 Å². The molecule has 2 aliphatic carbocycles. The Morgan fingerprint density at radius 2 is 0.700 bits per heavy atom. The van der Waals surface area contributed by atoms with Crippen molar-refractivity contribution in [3.8, 4) is 0 Å². The Morgan fingerprint density at radius 1 is 0.425 bits per heavy atom. The van der Waals surface area contributed by atoms with Gasteiger partial charge in [0.05, 0.1) is 0 Å². The van der Waals surface area contributed by atoms with E-state index in [1.54, 1.807) is 0 Å². The lowest BCUT2D eigenvalue weighted by Crippen LogP contribution is -2.34. The van der Waals surface area contributed by atoms with Gasteiger partial charge in [-0.3, -0.25) is 0 Å². The predicted molar refractivity (Wildman–Crippen MR) is 171 cm³/mol. The van der Waals surface area contributed by atoms with Gasteiger partial charge >= 0.3 is 0 Å². The molecule has 0 bridgehead atoms. The molecule has 2 aliphatic rings. The van der Waals surface area contributed by atoms with Gasteiger partial charge in [0.15, 0.2) is 0 Å². The molecule has 0 aromatic heterocycles. The molecule has 4 aromatic rings. The van der Waals surface area contributed by atoms with Crippen molar-refractivity contribution in [3.05, 3.63) is 145 Å². The Morgan fingerprint density at radius 3 is 0.975 bits per heavy atom. The van der Waals surface area contributed by atoms with Gasteiger partial charge in [0, 0.05) is 32.5 Å². The second-order valence-corrected chi connectivity index (χ2v) is 16.8. The Kier molecular flexibility index (Phi) is 7.93. The van der Waals surface area contributed by atoms with Crippen LogP contribution in [0.1, 0.15) is 38.5 Å². The average molecular weight is 563 g/mol. The molecule has 0 spiro atoms. The minimum Gasteiger partial charge on any atom is -0.313 e. The van der Waals surface area contributed by atoms with Crippen molar-refractivity contribution in [2.75, 3.05) is 0 Å². The maximum absolute atomic E-state index is 15.6. The summed E-state index contributed by atoms with van der Waals surface area (Å²) in [6.45, 7) is 0. The van der Waals surface area contributed by atoms with Crippen LogP contribution in [0, 0.1) is 0 Å². The molecule has 0 saturated heterocycles. The van der Waals surface area contributed by atoms with E-state index in [-0.39, 0.29) is 11.3 Å². The van der Waals surface area contributed by atoms with E-state index in [1.807, 2.05) is 121 Å². The summed E-state index contributed by atoms with van der Waals surface area (Å²) in [6, 6.07) is 40.2. The second-order valence-electron chi connectivity index (χ2n) is 10.9. The molecule has 0 radical (unpaired) electrons. The first-order chi connectivity index (χ1) is 19.6. The van der Waals surface area contributed by atoms with Crippen molar-refractivity contribution < 1.29 is 9.13 Å². The summed E-state index contributed by atoms with van der Waals surface area (Å²) in [4.78, 5) is 0. The zero-order chi connectivity index (χ0) is 27.4. The monoisotopic (exact) mass is 562 g/mol. The van der Waals surface area contributed by atoms with E-state index < -0.39 is 14.3 Å². The van der Waals surface area contributed by atoms with Crippen LogP contribution >= 0.6 is 14.3 Å². The second kappa shape index (κ2) is 11.7. The maximum Gasteiger partial charge on any atom is 0.150 e. The Hall–Kier alpha value is -3.18. The lowest BCUT2D eigenvalue weighted by molar-refractivity contribution is 0.563. The number of benzene rings is 4. The van der Waals surface area contributed by atoms with Gasteiger partial charge in [0.25, 0.3) is 0 Å². The zero-order valence-corrected chi connectivity index (χ0v) is 24.6. The van der Waals surface area contributed by atoms with E-state index >= 15 is 9.13 Å². The third-order valence-corrected chi connectivity index (χ3v) is 15.7. The first-order valence-electron chi connectivity index (χ1n) is 14.5. The van der Waals surface area contributed by atoms with Crippen LogP contribution in [0.4, 0.5) is 0 Å². The highest BCUT2D eigenvalue weighted by Crippen LogP contribution is 2.61. The van der Waals surface area contributed by atoms with Gasteiger partial charge in [-0.15, -0.1) is 0 Å². The zero-order valence-electron chi connectivity index (χ0n) is 22.8. The number of hydrogen-bond donors (Lipinski definition) is 0. The van der Waals surface area contributed by atoms with E-state index in [9.17, 15) is 0 Å². The van der Waals surface area contributed by atoms with Gasteiger partial charge in [-0.05, 0) is 49.7 Å². The van der Waals surface area contributed by atoms with Crippen LogP contribution in [0.3, 0.4) is 0 Å². The molecule has 0 saturated carbocycles. The van der Waals surface area contributed by atoms with Crippen LogP contribution in [0.15, 0.2) is 145 Å². The molecule has 2 nitrogen and oxygen atoms in total. The maximum atomic E-state index is 15.6. The molecule has 0 aliphatic heterocycles. The van der Waals surface area contributed by atoms with E-state index in [1.165, 1.54) is 11.1 Å². The fourth-order valence-corrected chi connectivity index (χ4v) is 13.6. The van der Waals surface area contributed by atoms with Gasteiger partial charge < -0.3 is 9.13 Å². The largest absolute Gasteiger partial charge is 0.313 e. The summed E-state index contributed by atoms with van der Waals surface area (Å²) in [7, 11) is -6.09. The topological polar surface area (TPSA) is 34.1 Å². The summed E-state index contributed by atoms with van der Waals surface area (Å²) in [5.41, 5.74) is 2.05. The molecule has 0 fully saturated rings. The molecule has 202 valence electrons. The number of hydrogen-bond acceptors (Lipinski definition) is 2. The fourth-order valence-electron chi connectivity index (χ4n) is 6.71. The van der Waals surface area contributed by atoms with Crippen LogP contribution < -0.4 is 21.2 Å². The summed E-state index contributed by atoms with van der Waals surface area (Å²) in [5.74, 6) is 0. The Bertz CT molecular complexity index is 1380. The molecule has 0 heterocycles. The summed E-state index contributed by atoms with van der Waals surface area (Å²) >= 11 is 0. The van der Waals surface area contributed by atoms with Gasteiger partial charge in [0.1, 0.15) is 14.3 Å². The van der Waals surface area contributed by atoms with Crippen LogP contribution in [0.5, 0.6) is 0 Å². The third-order valence-electron chi connectivity index (χ3n) is 8.58. The standard InChI is InChI=1S/C36H36O2P2/c37-39(29-17-5-1-6-18-29,30-19-7-2-8-20-30)35-27-15-13-25-33(35)34-26-14-16-28-36(34)40(38,31-21-9-3-10-22-31)32-23-11-4-12-24-32/h1-12,17-26,35-36H,13-16,27-28H2/t35-,36-/m1/s1. The lowest BCUT2D eigenvalue weighted by Gasteiger charge is -2.39. The quantitative estimate of drug-likeness (QED) is 0.214.